The van der Waals surface area contributed by atoms with Gasteiger partial charge in [0.15, 0.2) is 5.45 Å². The largest absolute Gasteiger partial charge is 0.379 e. The Bertz CT molecular complexity index is 342. The van der Waals surface area contributed by atoms with Crippen molar-refractivity contribution in [3.05, 3.63) is 0 Å². The minimum atomic E-state index is -3.38. The monoisotopic (exact) mass is 293 g/mol. The van der Waals surface area contributed by atoms with Crippen LogP contribution in [-0.2, 0) is 23.2 Å². The van der Waals surface area contributed by atoms with Crippen LogP contribution in [0.5, 0.6) is 0 Å². The number of ether oxygens (including phenoxy) is 1. The highest BCUT2D eigenvalue weighted by molar-refractivity contribution is 7.72. The van der Waals surface area contributed by atoms with Crippen molar-refractivity contribution in [2.24, 2.45) is 5.16 Å². The second-order valence-corrected chi connectivity index (χ2v) is 6.78. The predicted octanol–water partition coefficient (Wildman–Crippen LogP) is 3.52. The SMILES string of the molecule is CCOC1CCC(P(=O)(OC(C)C)OC(C)C)=NO1. The Labute approximate surface area is 115 Å². The van der Waals surface area contributed by atoms with Gasteiger partial charge < -0.3 is 18.6 Å². The zero-order valence-corrected chi connectivity index (χ0v) is 13.2. The number of hydrogen-bond donors (Lipinski definition) is 0. The van der Waals surface area contributed by atoms with Crippen molar-refractivity contribution < 1.29 is 23.2 Å². The Hall–Kier alpha value is -0.420. The minimum absolute atomic E-state index is 0.211. The van der Waals surface area contributed by atoms with Crippen molar-refractivity contribution in [3.8, 4) is 0 Å². The Morgan fingerprint density at radius 3 is 2.26 bits per heavy atom. The van der Waals surface area contributed by atoms with Crippen LogP contribution >= 0.6 is 7.60 Å². The first-order chi connectivity index (χ1) is 8.87. The lowest BCUT2D eigenvalue weighted by Crippen LogP contribution is -2.24. The second kappa shape index (κ2) is 7.39. The molecule has 1 unspecified atom stereocenters. The Kier molecular flexibility index (Phi) is 6.47. The summed E-state index contributed by atoms with van der Waals surface area (Å²) in [6.45, 7) is 9.68. The van der Waals surface area contributed by atoms with Crippen molar-refractivity contribution in [1.82, 2.24) is 0 Å². The number of nitrogens with zero attached hydrogens (tertiary/aromatic N) is 1. The highest BCUT2D eigenvalue weighted by Gasteiger charge is 2.37. The van der Waals surface area contributed by atoms with Crippen molar-refractivity contribution in [3.63, 3.8) is 0 Å². The molecule has 6 nitrogen and oxygen atoms in total. The Morgan fingerprint density at radius 2 is 1.89 bits per heavy atom. The van der Waals surface area contributed by atoms with Gasteiger partial charge in [-0.15, -0.1) is 0 Å². The molecule has 0 aromatic carbocycles. The van der Waals surface area contributed by atoms with Crippen LogP contribution in [0.4, 0.5) is 0 Å². The zero-order valence-electron chi connectivity index (χ0n) is 12.3. The van der Waals surface area contributed by atoms with Gasteiger partial charge in [-0.2, -0.15) is 0 Å². The quantitative estimate of drug-likeness (QED) is 0.672. The molecule has 0 fully saturated rings. The van der Waals surface area contributed by atoms with Gasteiger partial charge in [0, 0.05) is 19.4 Å². The molecule has 1 atom stereocenters. The number of hydrogen-bond acceptors (Lipinski definition) is 6. The maximum Gasteiger partial charge on any atom is 0.379 e. The van der Waals surface area contributed by atoms with Crippen LogP contribution in [0.25, 0.3) is 0 Å². The molecule has 0 N–H and O–H groups in total. The van der Waals surface area contributed by atoms with Gasteiger partial charge in [0.05, 0.1) is 12.2 Å². The van der Waals surface area contributed by atoms with E-state index in [1.807, 2.05) is 34.6 Å². The fourth-order valence-corrected chi connectivity index (χ4v) is 3.61. The minimum Gasteiger partial charge on any atom is -0.363 e. The average molecular weight is 293 g/mol. The van der Waals surface area contributed by atoms with Crippen LogP contribution in [-0.4, -0.2) is 30.6 Å². The molecule has 0 saturated heterocycles. The van der Waals surface area contributed by atoms with E-state index in [0.717, 1.165) is 0 Å². The van der Waals surface area contributed by atoms with E-state index >= 15 is 0 Å². The van der Waals surface area contributed by atoms with Crippen molar-refractivity contribution in [2.45, 2.75) is 66.0 Å². The highest BCUT2D eigenvalue weighted by atomic mass is 31.2. The normalized spacial score (nSPS) is 20.6. The summed E-state index contributed by atoms with van der Waals surface area (Å²) < 4.78 is 29.0. The molecule has 1 heterocycles. The second-order valence-electron chi connectivity index (χ2n) is 4.84. The summed E-state index contributed by atoms with van der Waals surface area (Å²) >= 11 is 0. The number of oxime groups is 1. The van der Waals surface area contributed by atoms with Gasteiger partial charge in [-0.05, 0) is 34.6 Å². The third-order valence-corrected chi connectivity index (χ3v) is 4.58. The van der Waals surface area contributed by atoms with E-state index in [1.54, 1.807) is 0 Å². The molecule has 0 aromatic rings. The van der Waals surface area contributed by atoms with Gasteiger partial charge in [-0.3, -0.25) is 4.57 Å². The molecular weight excluding hydrogens is 269 g/mol. The molecule has 0 amide bonds. The molecule has 0 radical (unpaired) electrons. The first kappa shape index (κ1) is 16.6. The molecular formula is C12H24NO5P. The topological polar surface area (TPSA) is 66.4 Å². The molecule has 0 aromatic heterocycles. The van der Waals surface area contributed by atoms with Gasteiger partial charge in [0.2, 0.25) is 6.29 Å². The van der Waals surface area contributed by atoms with Crippen LogP contribution in [0.1, 0.15) is 47.5 Å². The fourth-order valence-electron chi connectivity index (χ4n) is 1.65. The van der Waals surface area contributed by atoms with Gasteiger partial charge in [0.1, 0.15) is 0 Å². The van der Waals surface area contributed by atoms with Gasteiger partial charge in [-0.25, -0.2) is 0 Å². The summed E-state index contributed by atoms with van der Waals surface area (Å²) in [6, 6.07) is 0. The van der Waals surface area contributed by atoms with Gasteiger partial charge >= 0.3 is 7.60 Å². The molecule has 7 heteroatoms. The number of rotatable bonds is 7. The van der Waals surface area contributed by atoms with E-state index in [2.05, 4.69) is 5.16 Å². The molecule has 1 rings (SSSR count). The summed E-state index contributed by atoms with van der Waals surface area (Å²) in [5.41, 5.74) is 0.339. The first-order valence-electron chi connectivity index (χ1n) is 6.69. The molecule has 0 bridgehead atoms. The van der Waals surface area contributed by atoms with E-state index in [4.69, 9.17) is 18.6 Å². The van der Waals surface area contributed by atoms with E-state index in [1.165, 1.54) is 0 Å². The third kappa shape index (κ3) is 5.22. The maximum atomic E-state index is 12.8. The van der Waals surface area contributed by atoms with Crippen molar-refractivity contribution in [2.75, 3.05) is 6.61 Å². The van der Waals surface area contributed by atoms with Crippen molar-refractivity contribution >= 4 is 13.0 Å². The van der Waals surface area contributed by atoms with Crippen molar-refractivity contribution in [1.29, 1.82) is 0 Å². The fraction of sp³-hybridized carbons (Fsp3) is 0.917. The lowest BCUT2D eigenvalue weighted by Gasteiger charge is -2.27. The van der Waals surface area contributed by atoms with E-state index in [0.29, 0.717) is 24.9 Å². The predicted molar refractivity (Wildman–Crippen MR) is 73.2 cm³/mol. The lowest BCUT2D eigenvalue weighted by molar-refractivity contribution is -0.146. The smallest absolute Gasteiger partial charge is 0.363 e. The molecule has 0 aliphatic carbocycles. The molecule has 1 aliphatic rings. The van der Waals surface area contributed by atoms with Crippen LogP contribution in [0.3, 0.4) is 0 Å². The third-order valence-electron chi connectivity index (χ3n) is 2.25. The average Bonchev–Trinajstić information content (AvgIpc) is 2.27. The summed E-state index contributed by atoms with van der Waals surface area (Å²) in [5.74, 6) is 0. The highest BCUT2D eigenvalue weighted by Crippen LogP contribution is 2.54. The summed E-state index contributed by atoms with van der Waals surface area (Å²) in [7, 11) is -3.38. The summed E-state index contributed by atoms with van der Waals surface area (Å²) in [4.78, 5) is 5.17. The summed E-state index contributed by atoms with van der Waals surface area (Å²) in [5, 5.41) is 3.89. The van der Waals surface area contributed by atoms with E-state index in [-0.39, 0.29) is 18.5 Å². The van der Waals surface area contributed by atoms with E-state index in [9.17, 15) is 4.57 Å². The van der Waals surface area contributed by atoms with Crippen LogP contribution in [0.2, 0.25) is 0 Å². The van der Waals surface area contributed by atoms with Gasteiger partial charge in [-0.1, -0.05) is 5.16 Å². The maximum absolute atomic E-state index is 12.8. The Balaban J connectivity index is 2.79. The van der Waals surface area contributed by atoms with Crippen LogP contribution < -0.4 is 0 Å². The Morgan fingerprint density at radius 1 is 1.32 bits per heavy atom. The molecule has 19 heavy (non-hydrogen) atoms. The molecule has 1 aliphatic heterocycles. The molecule has 0 spiro atoms. The molecule has 0 saturated carbocycles. The molecule has 112 valence electrons. The first-order valence-corrected chi connectivity index (χ1v) is 8.23. The zero-order chi connectivity index (χ0) is 14.5. The van der Waals surface area contributed by atoms with Gasteiger partial charge in [0.25, 0.3) is 0 Å². The standard InChI is InChI=1S/C12H24NO5P/c1-6-15-12-8-7-11(13-16-12)19(14,17-9(2)3)18-10(4)5/h9-10,12H,6-8H2,1-5H3. The summed E-state index contributed by atoms with van der Waals surface area (Å²) in [6.07, 6.45) is 0.287. The lowest BCUT2D eigenvalue weighted by atomic mass is 10.3. The van der Waals surface area contributed by atoms with Crippen LogP contribution in [0.15, 0.2) is 5.16 Å². The van der Waals surface area contributed by atoms with Crippen LogP contribution in [0, 0.1) is 0 Å². The van der Waals surface area contributed by atoms with E-state index < -0.39 is 7.60 Å².